The number of hydrogen-bond acceptors (Lipinski definition) is 4. The summed E-state index contributed by atoms with van der Waals surface area (Å²) in [6.07, 6.45) is 0. The summed E-state index contributed by atoms with van der Waals surface area (Å²) >= 11 is 0. The van der Waals surface area contributed by atoms with Crippen molar-refractivity contribution in [3.63, 3.8) is 0 Å². The predicted molar refractivity (Wildman–Crippen MR) is 106 cm³/mol. The highest BCUT2D eigenvalue weighted by molar-refractivity contribution is 5.90. The fraction of sp³-hybridized carbons (Fsp3) is 0.0952. The average molecular weight is 374 g/mol. The topological polar surface area (TPSA) is 96.5 Å². The number of benzene rings is 3. The summed E-state index contributed by atoms with van der Waals surface area (Å²) < 4.78 is 1.33. The Morgan fingerprint density at radius 1 is 1.07 bits per heavy atom. The van der Waals surface area contributed by atoms with Crippen molar-refractivity contribution < 1.29 is 9.97 Å². The molecule has 0 unspecified atom stereocenters. The highest BCUT2D eigenvalue weighted by Crippen LogP contribution is 2.26. The summed E-state index contributed by atoms with van der Waals surface area (Å²) in [4.78, 5) is 13.3. The normalized spacial score (nSPS) is 11.9. The molecule has 0 spiro atoms. The van der Waals surface area contributed by atoms with Crippen LogP contribution in [0.15, 0.2) is 76.6 Å². The van der Waals surface area contributed by atoms with Crippen molar-refractivity contribution in [2.24, 2.45) is 5.11 Å². The van der Waals surface area contributed by atoms with Gasteiger partial charge in [0.2, 0.25) is 5.69 Å². The Kier molecular flexibility index (Phi) is 4.50. The SMILES string of the molecule is Cc1[nH]n(-c2ccc(CO)cc2)c(=O)c1N=[N+]([O-])c1cccc2ccccc12. The highest BCUT2D eigenvalue weighted by Gasteiger charge is 2.17. The number of aromatic amines is 1. The zero-order chi connectivity index (χ0) is 19.7. The van der Waals surface area contributed by atoms with E-state index in [1.807, 2.05) is 30.3 Å². The molecule has 2 N–H and O–H groups in total. The minimum Gasteiger partial charge on any atom is -0.594 e. The lowest BCUT2D eigenvalue weighted by atomic mass is 10.1. The van der Waals surface area contributed by atoms with E-state index in [0.717, 1.165) is 16.3 Å². The number of nitrogens with zero attached hydrogens (tertiary/aromatic N) is 3. The van der Waals surface area contributed by atoms with E-state index in [1.54, 1.807) is 43.3 Å². The minimum atomic E-state index is -0.421. The van der Waals surface area contributed by atoms with E-state index in [9.17, 15) is 10.0 Å². The molecule has 28 heavy (non-hydrogen) atoms. The van der Waals surface area contributed by atoms with Gasteiger partial charge in [-0.05, 0) is 40.9 Å². The Hall–Kier alpha value is -3.71. The predicted octanol–water partition coefficient (Wildman–Crippen LogP) is 4.05. The fourth-order valence-electron chi connectivity index (χ4n) is 3.11. The molecule has 4 aromatic rings. The molecule has 4 rings (SSSR count). The van der Waals surface area contributed by atoms with Crippen LogP contribution in [-0.2, 0) is 6.61 Å². The summed E-state index contributed by atoms with van der Waals surface area (Å²) in [5.74, 6) is 0. The Balaban J connectivity index is 1.79. The van der Waals surface area contributed by atoms with E-state index in [-0.39, 0.29) is 12.3 Å². The number of aromatic nitrogens is 2. The molecule has 1 heterocycles. The van der Waals surface area contributed by atoms with Gasteiger partial charge in [0.05, 0.1) is 23.4 Å². The summed E-state index contributed by atoms with van der Waals surface area (Å²) in [5, 5.41) is 30.5. The molecule has 7 heteroatoms. The second-order valence-electron chi connectivity index (χ2n) is 6.42. The van der Waals surface area contributed by atoms with Gasteiger partial charge in [-0.3, -0.25) is 9.89 Å². The van der Waals surface area contributed by atoms with Gasteiger partial charge in [-0.15, -0.1) is 0 Å². The van der Waals surface area contributed by atoms with E-state index >= 15 is 0 Å². The standard InChI is InChI=1S/C21H18N4O3/c1-14-20(21(27)24(22-14)17-11-9-15(13-26)10-12-17)23-25(28)19-8-4-6-16-5-2-3-7-18(16)19/h2-12,22,26H,13H2,1H3. The smallest absolute Gasteiger partial charge is 0.303 e. The molecule has 0 fully saturated rings. The third-order valence-corrected chi connectivity index (χ3v) is 4.58. The van der Waals surface area contributed by atoms with Crippen molar-refractivity contribution in [3.05, 3.63) is 93.5 Å². The third kappa shape index (κ3) is 3.08. The summed E-state index contributed by atoms with van der Waals surface area (Å²) in [7, 11) is 0. The van der Waals surface area contributed by atoms with Crippen LogP contribution in [0.5, 0.6) is 0 Å². The second kappa shape index (κ2) is 7.13. The van der Waals surface area contributed by atoms with Crippen molar-refractivity contribution in [3.8, 4) is 5.69 Å². The first-order chi connectivity index (χ1) is 13.6. The first-order valence-corrected chi connectivity index (χ1v) is 8.77. The lowest BCUT2D eigenvalue weighted by Gasteiger charge is -2.03. The Bertz CT molecular complexity index is 1230. The maximum atomic E-state index is 12.8. The zero-order valence-corrected chi connectivity index (χ0v) is 15.2. The van der Waals surface area contributed by atoms with Crippen molar-refractivity contribution >= 4 is 22.1 Å². The lowest BCUT2D eigenvalue weighted by molar-refractivity contribution is -0.433. The second-order valence-corrected chi connectivity index (χ2v) is 6.42. The molecule has 0 atom stereocenters. The van der Waals surface area contributed by atoms with E-state index in [0.29, 0.717) is 21.9 Å². The van der Waals surface area contributed by atoms with Gasteiger partial charge in [0.1, 0.15) is 0 Å². The molecular formula is C21H18N4O3. The zero-order valence-electron chi connectivity index (χ0n) is 15.2. The number of nitrogens with one attached hydrogen (secondary N) is 1. The number of H-pyrrole nitrogens is 1. The van der Waals surface area contributed by atoms with Crippen LogP contribution in [-0.4, -0.2) is 19.7 Å². The van der Waals surface area contributed by atoms with Gasteiger partial charge in [-0.25, -0.2) is 4.68 Å². The van der Waals surface area contributed by atoms with Crippen molar-refractivity contribution in [1.29, 1.82) is 0 Å². The van der Waals surface area contributed by atoms with Crippen LogP contribution in [0, 0.1) is 12.1 Å². The number of azo groups is 1. The molecular weight excluding hydrogens is 356 g/mol. The van der Waals surface area contributed by atoms with Crippen LogP contribution in [0.25, 0.3) is 16.5 Å². The molecule has 1 aromatic heterocycles. The third-order valence-electron chi connectivity index (χ3n) is 4.58. The molecule has 0 aliphatic heterocycles. The molecule has 0 amide bonds. The molecule has 140 valence electrons. The van der Waals surface area contributed by atoms with Gasteiger partial charge in [0, 0.05) is 11.2 Å². The van der Waals surface area contributed by atoms with Crippen LogP contribution in [0.4, 0.5) is 11.4 Å². The van der Waals surface area contributed by atoms with E-state index < -0.39 is 5.56 Å². The molecule has 0 bridgehead atoms. The van der Waals surface area contributed by atoms with Crippen molar-refractivity contribution in [1.82, 2.24) is 9.78 Å². The summed E-state index contributed by atoms with van der Waals surface area (Å²) in [5.41, 5.74) is 1.82. The maximum Gasteiger partial charge on any atom is 0.303 e. The fourth-order valence-corrected chi connectivity index (χ4v) is 3.11. The number of aliphatic hydroxyl groups is 1. The number of rotatable bonds is 4. The highest BCUT2D eigenvalue weighted by atomic mass is 16.5. The van der Waals surface area contributed by atoms with Gasteiger partial charge in [0.15, 0.2) is 0 Å². The Labute approximate surface area is 160 Å². The Morgan fingerprint density at radius 2 is 1.79 bits per heavy atom. The Morgan fingerprint density at radius 3 is 2.54 bits per heavy atom. The number of aliphatic hydroxyl groups excluding tert-OH is 1. The van der Waals surface area contributed by atoms with Crippen LogP contribution in [0.3, 0.4) is 0 Å². The maximum absolute atomic E-state index is 12.8. The first kappa shape index (κ1) is 17.7. The lowest BCUT2D eigenvalue weighted by Crippen LogP contribution is -2.14. The van der Waals surface area contributed by atoms with Crippen molar-refractivity contribution in [2.75, 3.05) is 0 Å². The van der Waals surface area contributed by atoms with Gasteiger partial charge < -0.3 is 10.3 Å². The van der Waals surface area contributed by atoms with Crippen LogP contribution < -0.4 is 5.56 Å². The van der Waals surface area contributed by atoms with E-state index in [4.69, 9.17) is 5.11 Å². The quantitative estimate of drug-likeness (QED) is 0.320. The van der Waals surface area contributed by atoms with E-state index in [1.165, 1.54) is 4.68 Å². The number of aryl methyl sites for hydroxylation is 1. The summed E-state index contributed by atoms with van der Waals surface area (Å²) in [6.45, 7) is 1.62. The van der Waals surface area contributed by atoms with Gasteiger partial charge in [0.25, 0.3) is 5.69 Å². The molecule has 0 radical (unpaired) electrons. The van der Waals surface area contributed by atoms with Gasteiger partial charge in [-0.2, -0.15) is 0 Å². The van der Waals surface area contributed by atoms with Crippen LogP contribution in [0.2, 0.25) is 0 Å². The molecule has 0 aliphatic rings. The monoisotopic (exact) mass is 374 g/mol. The molecule has 0 saturated heterocycles. The number of fused-ring (bicyclic) bond motifs is 1. The molecule has 0 saturated carbocycles. The van der Waals surface area contributed by atoms with Gasteiger partial charge >= 0.3 is 5.56 Å². The molecule has 7 nitrogen and oxygen atoms in total. The minimum absolute atomic E-state index is 0.0502. The van der Waals surface area contributed by atoms with Crippen LogP contribution >= 0.6 is 0 Å². The largest absolute Gasteiger partial charge is 0.594 e. The van der Waals surface area contributed by atoms with Gasteiger partial charge in [-0.1, -0.05) is 42.5 Å². The van der Waals surface area contributed by atoms with E-state index in [2.05, 4.69) is 10.2 Å². The van der Waals surface area contributed by atoms with Crippen LogP contribution in [0.1, 0.15) is 11.3 Å². The van der Waals surface area contributed by atoms with Crippen molar-refractivity contribution in [2.45, 2.75) is 13.5 Å². The number of hydrogen-bond donors (Lipinski definition) is 2. The molecule has 0 aliphatic carbocycles. The average Bonchev–Trinajstić information content (AvgIpc) is 3.01. The first-order valence-electron chi connectivity index (χ1n) is 8.77. The molecule has 3 aromatic carbocycles. The summed E-state index contributed by atoms with van der Waals surface area (Å²) in [6, 6.07) is 19.8.